The average molecular weight is 228 g/mol. The quantitative estimate of drug-likeness (QED) is 0.671. The molecule has 15 heavy (non-hydrogen) atoms. The highest BCUT2D eigenvalue weighted by molar-refractivity contribution is 6.18. The van der Waals surface area contributed by atoms with Crippen molar-refractivity contribution in [2.75, 3.05) is 25.5 Å². The van der Waals surface area contributed by atoms with Gasteiger partial charge in [0.1, 0.15) is 0 Å². The Morgan fingerprint density at radius 1 is 1.13 bits per heavy atom. The molecule has 3 aliphatic rings. The van der Waals surface area contributed by atoms with Crippen molar-refractivity contribution in [3.63, 3.8) is 0 Å². The largest absolute Gasteiger partial charge is 0.303 e. The van der Waals surface area contributed by atoms with Gasteiger partial charge in [0.25, 0.3) is 0 Å². The van der Waals surface area contributed by atoms with Gasteiger partial charge < -0.3 is 4.90 Å². The summed E-state index contributed by atoms with van der Waals surface area (Å²) in [7, 11) is 0. The van der Waals surface area contributed by atoms with Crippen molar-refractivity contribution in [3.8, 4) is 0 Å². The zero-order chi connectivity index (χ0) is 10.3. The van der Waals surface area contributed by atoms with Crippen LogP contribution in [0.2, 0.25) is 0 Å². The Kier molecular flexibility index (Phi) is 2.95. The second-order valence-electron chi connectivity index (χ2n) is 6.00. The van der Waals surface area contributed by atoms with Crippen LogP contribution in [0.1, 0.15) is 32.1 Å². The molecule has 1 saturated heterocycles. The van der Waals surface area contributed by atoms with Crippen LogP contribution in [-0.2, 0) is 0 Å². The summed E-state index contributed by atoms with van der Waals surface area (Å²) in [6.45, 7) is 3.97. The number of nitrogens with zero attached hydrogens (tertiary/aromatic N) is 1. The van der Waals surface area contributed by atoms with Crippen LogP contribution in [-0.4, -0.2) is 30.4 Å². The number of rotatable bonds is 3. The van der Waals surface area contributed by atoms with Crippen LogP contribution >= 0.6 is 11.6 Å². The Hall–Kier alpha value is 0.250. The first-order valence-corrected chi connectivity index (χ1v) is 7.17. The second kappa shape index (κ2) is 4.25. The van der Waals surface area contributed by atoms with Gasteiger partial charge in [0, 0.05) is 19.0 Å². The Labute approximate surface area is 98.2 Å². The number of fused-ring (bicyclic) bond motifs is 2. The van der Waals surface area contributed by atoms with Crippen LogP contribution in [0.5, 0.6) is 0 Å². The van der Waals surface area contributed by atoms with Crippen LogP contribution in [0, 0.1) is 23.7 Å². The van der Waals surface area contributed by atoms with E-state index in [1.807, 2.05) is 0 Å². The van der Waals surface area contributed by atoms with Gasteiger partial charge in [-0.15, -0.1) is 11.6 Å². The molecule has 0 amide bonds. The number of hydrogen-bond donors (Lipinski definition) is 0. The van der Waals surface area contributed by atoms with Gasteiger partial charge in [-0.2, -0.15) is 0 Å². The molecule has 0 radical (unpaired) electrons. The summed E-state index contributed by atoms with van der Waals surface area (Å²) in [4.78, 5) is 2.68. The lowest BCUT2D eigenvalue weighted by molar-refractivity contribution is 0.216. The topological polar surface area (TPSA) is 3.24 Å². The SMILES string of the molecule is ClCC1CCN(CC2CC3CCC2C3)C1. The molecule has 4 atom stereocenters. The van der Waals surface area contributed by atoms with Crippen molar-refractivity contribution in [2.45, 2.75) is 32.1 Å². The normalized spacial score (nSPS) is 45.4. The summed E-state index contributed by atoms with van der Waals surface area (Å²) in [5.74, 6) is 4.88. The summed E-state index contributed by atoms with van der Waals surface area (Å²) in [6, 6.07) is 0. The molecule has 1 aliphatic heterocycles. The van der Waals surface area contributed by atoms with Gasteiger partial charge in [-0.1, -0.05) is 6.42 Å². The zero-order valence-corrected chi connectivity index (χ0v) is 10.3. The van der Waals surface area contributed by atoms with E-state index in [2.05, 4.69) is 4.90 Å². The fourth-order valence-corrected chi connectivity index (χ4v) is 4.39. The van der Waals surface area contributed by atoms with Gasteiger partial charge in [-0.3, -0.25) is 0 Å². The molecular weight excluding hydrogens is 206 g/mol. The molecule has 0 aromatic heterocycles. The predicted octanol–water partition coefficient (Wildman–Crippen LogP) is 2.98. The summed E-state index contributed by atoms with van der Waals surface area (Å²) in [6.07, 6.45) is 7.49. The molecule has 0 spiro atoms. The molecular formula is C13H22ClN. The van der Waals surface area contributed by atoms with E-state index in [9.17, 15) is 0 Å². The number of hydrogen-bond acceptors (Lipinski definition) is 1. The van der Waals surface area contributed by atoms with Crippen molar-refractivity contribution in [3.05, 3.63) is 0 Å². The van der Waals surface area contributed by atoms with E-state index in [0.717, 1.165) is 29.6 Å². The minimum atomic E-state index is 0.783. The minimum absolute atomic E-state index is 0.783. The summed E-state index contributed by atoms with van der Waals surface area (Å²) in [5.41, 5.74) is 0. The lowest BCUT2D eigenvalue weighted by Crippen LogP contribution is -2.30. The third-order valence-corrected chi connectivity index (χ3v) is 5.40. The van der Waals surface area contributed by atoms with Crippen molar-refractivity contribution < 1.29 is 0 Å². The highest BCUT2D eigenvalue weighted by Crippen LogP contribution is 2.48. The molecule has 0 aromatic carbocycles. The van der Waals surface area contributed by atoms with E-state index in [1.165, 1.54) is 45.3 Å². The summed E-state index contributed by atoms with van der Waals surface area (Å²) >= 11 is 5.93. The highest BCUT2D eigenvalue weighted by atomic mass is 35.5. The van der Waals surface area contributed by atoms with Crippen molar-refractivity contribution >= 4 is 11.6 Å². The first-order chi connectivity index (χ1) is 7.35. The van der Waals surface area contributed by atoms with Crippen LogP contribution in [0.25, 0.3) is 0 Å². The van der Waals surface area contributed by atoms with Gasteiger partial charge in [0.2, 0.25) is 0 Å². The lowest BCUT2D eigenvalue weighted by Gasteiger charge is -2.26. The summed E-state index contributed by atoms with van der Waals surface area (Å²) in [5, 5.41) is 0. The Bertz CT molecular complexity index is 231. The number of alkyl halides is 1. The molecule has 2 heteroatoms. The molecule has 1 nitrogen and oxygen atoms in total. The Morgan fingerprint density at radius 2 is 2.07 bits per heavy atom. The molecule has 4 unspecified atom stereocenters. The molecule has 0 aromatic rings. The van der Waals surface area contributed by atoms with E-state index in [-0.39, 0.29) is 0 Å². The molecule has 86 valence electrons. The molecule has 2 aliphatic carbocycles. The monoisotopic (exact) mass is 227 g/mol. The standard InChI is InChI=1S/C13H22ClN/c14-7-11-3-4-15(8-11)9-13-6-10-1-2-12(13)5-10/h10-13H,1-9H2. The Balaban J connectivity index is 1.50. The first-order valence-electron chi connectivity index (χ1n) is 6.63. The van der Waals surface area contributed by atoms with E-state index >= 15 is 0 Å². The molecule has 3 fully saturated rings. The van der Waals surface area contributed by atoms with Crippen molar-refractivity contribution in [2.24, 2.45) is 23.7 Å². The molecule has 0 N–H and O–H groups in total. The van der Waals surface area contributed by atoms with E-state index < -0.39 is 0 Å². The maximum absolute atomic E-state index is 5.93. The molecule has 2 saturated carbocycles. The third kappa shape index (κ3) is 2.06. The first kappa shape index (κ1) is 10.4. The van der Waals surface area contributed by atoms with Crippen LogP contribution in [0.4, 0.5) is 0 Å². The molecule has 1 heterocycles. The second-order valence-corrected chi connectivity index (χ2v) is 6.31. The predicted molar refractivity (Wildman–Crippen MR) is 64.2 cm³/mol. The maximum Gasteiger partial charge on any atom is 0.0264 e. The van der Waals surface area contributed by atoms with E-state index in [1.54, 1.807) is 6.42 Å². The fourth-order valence-electron chi connectivity index (χ4n) is 4.14. The van der Waals surface area contributed by atoms with Gasteiger partial charge in [-0.05, 0) is 55.9 Å². The lowest BCUT2D eigenvalue weighted by atomic mass is 9.88. The van der Waals surface area contributed by atoms with Gasteiger partial charge >= 0.3 is 0 Å². The third-order valence-electron chi connectivity index (χ3n) is 4.97. The van der Waals surface area contributed by atoms with Gasteiger partial charge in [-0.25, -0.2) is 0 Å². The minimum Gasteiger partial charge on any atom is -0.303 e. The smallest absolute Gasteiger partial charge is 0.0264 e. The van der Waals surface area contributed by atoms with E-state index in [4.69, 9.17) is 11.6 Å². The van der Waals surface area contributed by atoms with Crippen LogP contribution in [0.3, 0.4) is 0 Å². The van der Waals surface area contributed by atoms with Crippen molar-refractivity contribution in [1.82, 2.24) is 4.90 Å². The van der Waals surface area contributed by atoms with Crippen LogP contribution in [0.15, 0.2) is 0 Å². The van der Waals surface area contributed by atoms with Gasteiger partial charge in [0.05, 0.1) is 0 Å². The summed E-state index contributed by atoms with van der Waals surface area (Å²) < 4.78 is 0. The molecule has 3 rings (SSSR count). The van der Waals surface area contributed by atoms with Crippen molar-refractivity contribution in [1.29, 1.82) is 0 Å². The molecule has 2 bridgehead atoms. The fraction of sp³-hybridized carbons (Fsp3) is 1.00. The van der Waals surface area contributed by atoms with Crippen LogP contribution < -0.4 is 0 Å². The number of likely N-dealkylation sites (tertiary alicyclic amines) is 1. The zero-order valence-electron chi connectivity index (χ0n) is 9.50. The van der Waals surface area contributed by atoms with E-state index in [0.29, 0.717) is 0 Å². The average Bonchev–Trinajstić information content (AvgIpc) is 2.92. The van der Waals surface area contributed by atoms with Gasteiger partial charge in [0.15, 0.2) is 0 Å². The Morgan fingerprint density at radius 3 is 2.67 bits per heavy atom. The maximum atomic E-state index is 5.93. The highest BCUT2D eigenvalue weighted by Gasteiger charge is 2.40. The number of halogens is 1.